The summed E-state index contributed by atoms with van der Waals surface area (Å²) in [5, 5.41) is 14.3. The van der Waals surface area contributed by atoms with Gasteiger partial charge in [0.05, 0.1) is 11.2 Å². The van der Waals surface area contributed by atoms with Crippen molar-refractivity contribution in [2.75, 3.05) is 6.54 Å². The van der Waals surface area contributed by atoms with Crippen molar-refractivity contribution in [3.63, 3.8) is 0 Å². The molecule has 3 nitrogen and oxygen atoms in total. The van der Waals surface area contributed by atoms with Gasteiger partial charge in [0.1, 0.15) is 6.10 Å². The van der Waals surface area contributed by atoms with Crippen LogP contribution in [-0.2, 0) is 0 Å². The highest BCUT2D eigenvalue weighted by molar-refractivity contribution is 5.78. The first kappa shape index (κ1) is 12.0. The van der Waals surface area contributed by atoms with Gasteiger partial charge < -0.3 is 10.4 Å². The second kappa shape index (κ2) is 5.25. The summed E-state index contributed by atoms with van der Waals surface area (Å²) in [4.78, 5) is 4.46. The van der Waals surface area contributed by atoms with Gasteiger partial charge in [0, 0.05) is 18.0 Å². The molecule has 1 aromatic heterocycles. The molecular weight excluding hydrogens is 212 g/mol. The van der Waals surface area contributed by atoms with E-state index in [0.717, 1.165) is 16.6 Å². The molecule has 0 bridgehead atoms. The predicted octanol–water partition coefficient (Wildman–Crippen LogP) is 2.27. The van der Waals surface area contributed by atoms with Crippen molar-refractivity contribution in [1.82, 2.24) is 10.3 Å². The van der Waals surface area contributed by atoms with Crippen molar-refractivity contribution in [3.05, 3.63) is 42.1 Å². The van der Waals surface area contributed by atoms with Crippen molar-refractivity contribution in [2.24, 2.45) is 0 Å². The van der Waals surface area contributed by atoms with Gasteiger partial charge in [-0.1, -0.05) is 38.1 Å². The Balaban J connectivity index is 2.18. The number of aliphatic hydroxyl groups is 1. The number of aromatic nitrogens is 1. The van der Waals surface area contributed by atoms with Crippen LogP contribution in [0.1, 0.15) is 25.6 Å². The van der Waals surface area contributed by atoms with E-state index in [1.54, 1.807) is 0 Å². The largest absolute Gasteiger partial charge is 0.385 e. The summed E-state index contributed by atoms with van der Waals surface area (Å²) in [7, 11) is 0. The Labute approximate surface area is 102 Å². The van der Waals surface area contributed by atoms with Crippen LogP contribution >= 0.6 is 0 Å². The van der Waals surface area contributed by atoms with Gasteiger partial charge in [0.25, 0.3) is 0 Å². The number of aliphatic hydroxyl groups excluding tert-OH is 1. The zero-order valence-corrected chi connectivity index (χ0v) is 10.2. The van der Waals surface area contributed by atoms with Gasteiger partial charge in [-0.15, -0.1) is 0 Å². The maximum atomic E-state index is 10.0. The number of nitrogens with zero attached hydrogens (tertiary/aromatic N) is 1. The molecule has 3 heteroatoms. The molecule has 0 saturated carbocycles. The van der Waals surface area contributed by atoms with Crippen molar-refractivity contribution in [1.29, 1.82) is 0 Å². The monoisotopic (exact) mass is 230 g/mol. The third-order valence-corrected chi connectivity index (χ3v) is 2.68. The average Bonchev–Trinajstić information content (AvgIpc) is 2.35. The average molecular weight is 230 g/mol. The van der Waals surface area contributed by atoms with Crippen LogP contribution in [0.3, 0.4) is 0 Å². The lowest BCUT2D eigenvalue weighted by molar-refractivity contribution is 0.167. The summed E-state index contributed by atoms with van der Waals surface area (Å²) < 4.78 is 0. The van der Waals surface area contributed by atoms with Crippen LogP contribution < -0.4 is 5.32 Å². The normalized spacial score (nSPS) is 13.2. The zero-order valence-electron chi connectivity index (χ0n) is 10.2. The van der Waals surface area contributed by atoms with Gasteiger partial charge in [0.15, 0.2) is 0 Å². The van der Waals surface area contributed by atoms with Crippen molar-refractivity contribution in [3.8, 4) is 0 Å². The van der Waals surface area contributed by atoms with Crippen molar-refractivity contribution < 1.29 is 5.11 Å². The van der Waals surface area contributed by atoms with Gasteiger partial charge in [-0.2, -0.15) is 0 Å². The molecule has 2 aromatic rings. The van der Waals surface area contributed by atoms with Crippen molar-refractivity contribution in [2.45, 2.75) is 26.0 Å². The Bertz CT molecular complexity index is 496. The summed E-state index contributed by atoms with van der Waals surface area (Å²) in [6, 6.07) is 12.2. The van der Waals surface area contributed by atoms with Crippen LogP contribution in [0.15, 0.2) is 36.4 Å². The smallest absolute Gasteiger partial charge is 0.108 e. The standard InChI is InChI=1S/C14H18N2O/c1-10(2)15-9-14(17)13-8-7-11-5-3-4-6-12(11)16-13/h3-8,10,14-15,17H,9H2,1-2H3/t14-/m1/s1. The minimum Gasteiger partial charge on any atom is -0.385 e. The second-order valence-corrected chi connectivity index (χ2v) is 4.51. The molecule has 0 aliphatic carbocycles. The molecule has 0 unspecified atom stereocenters. The summed E-state index contributed by atoms with van der Waals surface area (Å²) in [6.07, 6.45) is -0.554. The summed E-state index contributed by atoms with van der Waals surface area (Å²) in [5.41, 5.74) is 1.64. The molecule has 17 heavy (non-hydrogen) atoms. The maximum Gasteiger partial charge on any atom is 0.108 e. The molecule has 0 spiro atoms. The lowest BCUT2D eigenvalue weighted by Gasteiger charge is -2.14. The molecule has 0 amide bonds. The summed E-state index contributed by atoms with van der Waals surface area (Å²) in [5.74, 6) is 0. The molecular formula is C14H18N2O. The molecule has 0 aliphatic heterocycles. The second-order valence-electron chi connectivity index (χ2n) is 4.51. The number of para-hydroxylation sites is 1. The van der Waals surface area contributed by atoms with Crippen LogP contribution in [0.25, 0.3) is 10.9 Å². The van der Waals surface area contributed by atoms with Gasteiger partial charge in [0.2, 0.25) is 0 Å². The summed E-state index contributed by atoms with van der Waals surface area (Å²) >= 11 is 0. The number of nitrogens with one attached hydrogen (secondary N) is 1. The number of hydrogen-bond acceptors (Lipinski definition) is 3. The van der Waals surface area contributed by atoms with Gasteiger partial charge in [-0.25, -0.2) is 0 Å². The van der Waals surface area contributed by atoms with E-state index < -0.39 is 6.10 Å². The molecule has 1 heterocycles. The Morgan fingerprint density at radius 2 is 1.94 bits per heavy atom. The van der Waals surface area contributed by atoms with E-state index in [1.165, 1.54) is 0 Å². The summed E-state index contributed by atoms with van der Waals surface area (Å²) in [6.45, 7) is 4.64. The zero-order chi connectivity index (χ0) is 12.3. The van der Waals surface area contributed by atoms with Crippen molar-refractivity contribution >= 4 is 10.9 Å². The Morgan fingerprint density at radius 3 is 2.71 bits per heavy atom. The van der Waals surface area contributed by atoms with E-state index in [1.807, 2.05) is 36.4 Å². The van der Waals surface area contributed by atoms with E-state index >= 15 is 0 Å². The van der Waals surface area contributed by atoms with E-state index in [-0.39, 0.29) is 0 Å². The molecule has 90 valence electrons. The van der Waals surface area contributed by atoms with E-state index in [4.69, 9.17) is 0 Å². The van der Waals surface area contributed by atoms with Crippen LogP contribution in [0, 0.1) is 0 Å². The Kier molecular flexibility index (Phi) is 3.71. The topological polar surface area (TPSA) is 45.1 Å². The molecule has 1 aromatic carbocycles. The molecule has 0 fully saturated rings. The molecule has 1 atom stereocenters. The van der Waals surface area contributed by atoms with Gasteiger partial charge >= 0.3 is 0 Å². The fraction of sp³-hybridized carbons (Fsp3) is 0.357. The lowest BCUT2D eigenvalue weighted by atomic mass is 10.1. The molecule has 2 N–H and O–H groups in total. The molecule has 0 aliphatic rings. The number of rotatable bonds is 4. The fourth-order valence-corrected chi connectivity index (χ4v) is 1.72. The molecule has 2 rings (SSSR count). The number of benzene rings is 1. The SMILES string of the molecule is CC(C)NC[C@@H](O)c1ccc2ccccc2n1. The minimum absolute atomic E-state index is 0.366. The first-order valence-corrected chi connectivity index (χ1v) is 5.94. The van der Waals surface area contributed by atoms with E-state index in [2.05, 4.69) is 24.1 Å². The minimum atomic E-state index is -0.554. The molecule has 0 radical (unpaired) electrons. The third kappa shape index (κ3) is 3.02. The van der Waals surface area contributed by atoms with Gasteiger partial charge in [-0.3, -0.25) is 4.98 Å². The quantitative estimate of drug-likeness (QED) is 0.847. The maximum absolute atomic E-state index is 10.0. The number of pyridine rings is 1. The highest BCUT2D eigenvalue weighted by Crippen LogP contribution is 2.16. The fourth-order valence-electron chi connectivity index (χ4n) is 1.72. The molecule has 0 saturated heterocycles. The number of hydrogen-bond donors (Lipinski definition) is 2. The highest BCUT2D eigenvalue weighted by atomic mass is 16.3. The van der Waals surface area contributed by atoms with Crippen LogP contribution in [-0.4, -0.2) is 22.7 Å². The van der Waals surface area contributed by atoms with Crippen LogP contribution in [0.5, 0.6) is 0 Å². The Hall–Kier alpha value is -1.45. The third-order valence-electron chi connectivity index (χ3n) is 2.68. The van der Waals surface area contributed by atoms with E-state index in [9.17, 15) is 5.11 Å². The first-order valence-electron chi connectivity index (χ1n) is 5.94. The van der Waals surface area contributed by atoms with Gasteiger partial charge in [-0.05, 0) is 12.1 Å². The predicted molar refractivity (Wildman–Crippen MR) is 69.8 cm³/mol. The number of fused-ring (bicyclic) bond motifs is 1. The lowest BCUT2D eigenvalue weighted by Crippen LogP contribution is -2.28. The first-order chi connectivity index (χ1) is 8.16. The Morgan fingerprint density at radius 1 is 1.18 bits per heavy atom. The van der Waals surface area contributed by atoms with Crippen LogP contribution in [0.4, 0.5) is 0 Å². The van der Waals surface area contributed by atoms with Crippen LogP contribution in [0.2, 0.25) is 0 Å². The van der Waals surface area contributed by atoms with E-state index in [0.29, 0.717) is 12.6 Å². The highest BCUT2D eigenvalue weighted by Gasteiger charge is 2.09.